The predicted molar refractivity (Wildman–Crippen MR) is 114 cm³/mol. The van der Waals surface area contributed by atoms with E-state index >= 15 is 0 Å². The van der Waals surface area contributed by atoms with Gasteiger partial charge in [0.15, 0.2) is 0 Å². The topological polar surface area (TPSA) is 80.7 Å². The molecule has 0 saturated carbocycles. The zero-order valence-electron chi connectivity index (χ0n) is 16.8. The molecular formula is C24H26N4O. The van der Waals surface area contributed by atoms with Gasteiger partial charge in [0, 0.05) is 29.7 Å². The second-order valence-electron chi connectivity index (χ2n) is 8.22. The highest BCUT2D eigenvalue weighted by atomic mass is 16.2. The summed E-state index contributed by atoms with van der Waals surface area (Å²) in [5, 5.41) is 16.9. The van der Waals surface area contributed by atoms with Crippen molar-refractivity contribution in [2.24, 2.45) is 5.92 Å². The number of hydrogen-bond acceptors (Lipinski definition) is 3. The van der Waals surface area contributed by atoms with Crippen LogP contribution < -0.4 is 10.6 Å². The number of nitrogens with zero attached hydrogens (tertiary/aromatic N) is 1. The summed E-state index contributed by atoms with van der Waals surface area (Å²) in [5.41, 5.74) is 5.20. The Balaban J connectivity index is 1.54. The van der Waals surface area contributed by atoms with Crippen LogP contribution in [0.2, 0.25) is 0 Å². The Morgan fingerprint density at radius 2 is 2.03 bits per heavy atom. The summed E-state index contributed by atoms with van der Waals surface area (Å²) in [6, 6.07) is 15.6. The fourth-order valence-corrected chi connectivity index (χ4v) is 4.19. The molecule has 29 heavy (non-hydrogen) atoms. The lowest BCUT2D eigenvalue weighted by atomic mass is 9.94. The van der Waals surface area contributed by atoms with E-state index in [0.29, 0.717) is 24.4 Å². The molecule has 2 atom stereocenters. The maximum absolute atomic E-state index is 13.0. The van der Waals surface area contributed by atoms with Crippen molar-refractivity contribution in [2.75, 3.05) is 0 Å². The van der Waals surface area contributed by atoms with E-state index in [1.807, 2.05) is 18.3 Å². The number of aromatic amines is 1. The summed E-state index contributed by atoms with van der Waals surface area (Å²) >= 11 is 0. The number of amides is 1. The zero-order chi connectivity index (χ0) is 20.4. The highest BCUT2D eigenvalue weighted by Gasteiger charge is 2.29. The van der Waals surface area contributed by atoms with Crippen molar-refractivity contribution in [1.29, 1.82) is 5.26 Å². The van der Waals surface area contributed by atoms with E-state index in [1.54, 1.807) is 12.1 Å². The summed E-state index contributed by atoms with van der Waals surface area (Å²) in [7, 11) is 0. The van der Waals surface area contributed by atoms with Crippen molar-refractivity contribution in [2.45, 2.75) is 45.3 Å². The average Bonchev–Trinajstić information content (AvgIpc) is 3.06. The Kier molecular flexibility index (Phi) is 5.37. The number of nitriles is 1. The van der Waals surface area contributed by atoms with Crippen molar-refractivity contribution in [3.8, 4) is 6.07 Å². The Morgan fingerprint density at radius 1 is 1.24 bits per heavy atom. The fraction of sp³-hybridized carbons (Fsp3) is 0.333. The smallest absolute Gasteiger partial charge is 0.237 e. The van der Waals surface area contributed by atoms with Crippen LogP contribution in [0.3, 0.4) is 0 Å². The molecular weight excluding hydrogens is 360 g/mol. The molecule has 0 spiro atoms. The van der Waals surface area contributed by atoms with Crippen LogP contribution >= 0.6 is 0 Å². The van der Waals surface area contributed by atoms with Gasteiger partial charge >= 0.3 is 0 Å². The van der Waals surface area contributed by atoms with Crippen LogP contribution in [0, 0.1) is 17.2 Å². The van der Waals surface area contributed by atoms with Gasteiger partial charge in [0.1, 0.15) is 0 Å². The number of benzene rings is 2. The van der Waals surface area contributed by atoms with Gasteiger partial charge in [-0.25, -0.2) is 0 Å². The van der Waals surface area contributed by atoms with Crippen LogP contribution in [0.4, 0.5) is 0 Å². The van der Waals surface area contributed by atoms with E-state index in [4.69, 9.17) is 5.26 Å². The number of carbonyl (C=O) groups excluding carboxylic acids is 1. The molecule has 2 unspecified atom stereocenters. The fourth-order valence-electron chi connectivity index (χ4n) is 4.19. The standard InChI is InChI=1S/C24H26N4O/c1-15(2)10-21-19-4-3-5-20-23(19)18(14-26-20)11-22(28-21)24(29)27-13-17-8-6-16(12-25)7-9-17/h3-9,14-15,21-22,26,28H,10-11,13H2,1-2H3,(H,27,29). The van der Waals surface area contributed by atoms with Gasteiger partial charge in [0.05, 0.1) is 17.7 Å². The lowest BCUT2D eigenvalue weighted by Crippen LogP contribution is -2.46. The van der Waals surface area contributed by atoms with E-state index in [1.165, 1.54) is 16.5 Å². The molecule has 0 aliphatic carbocycles. The molecule has 1 aliphatic heterocycles. The van der Waals surface area contributed by atoms with Crippen LogP contribution in [-0.4, -0.2) is 16.9 Å². The molecule has 1 amide bonds. The second-order valence-corrected chi connectivity index (χ2v) is 8.22. The van der Waals surface area contributed by atoms with Crippen LogP contribution in [0.5, 0.6) is 0 Å². The Bertz CT molecular complexity index is 1060. The van der Waals surface area contributed by atoms with Crippen molar-refractivity contribution < 1.29 is 4.79 Å². The quantitative estimate of drug-likeness (QED) is 0.621. The minimum atomic E-state index is -0.288. The molecule has 4 rings (SSSR count). The zero-order valence-corrected chi connectivity index (χ0v) is 16.8. The third-order valence-electron chi connectivity index (χ3n) is 5.59. The first-order valence-corrected chi connectivity index (χ1v) is 10.2. The summed E-state index contributed by atoms with van der Waals surface area (Å²) in [4.78, 5) is 16.4. The highest BCUT2D eigenvalue weighted by molar-refractivity contribution is 5.90. The number of aromatic nitrogens is 1. The third-order valence-corrected chi connectivity index (χ3v) is 5.59. The van der Waals surface area contributed by atoms with Gasteiger partial charge in [0.25, 0.3) is 0 Å². The normalized spacial score (nSPS) is 18.4. The first-order valence-electron chi connectivity index (χ1n) is 10.2. The van der Waals surface area contributed by atoms with Crippen LogP contribution in [-0.2, 0) is 17.8 Å². The van der Waals surface area contributed by atoms with E-state index in [0.717, 1.165) is 17.5 Å². The van der Waals surface area contributed by atoms with Gasteiger partial charge in [-0.1, -0.05) is 38.1 Å². The minimum Gasteiger partial charge on any atom is -0.361 e. The van der Waals surface area contributed by atoms with Gasteiger partial charge in [-0.2, -0.15) is 5.26 Å². The molecule has 0 saturated heterocycles. The number of carbonyl (C=O) groups is 1. The highest BCUT2D eigenvalue weighted by Crippen LogP contribution is 2.34. The maximum Gasteiger partial charge on any atom is 0.237 e. The molecule has 3 N–H and O–H groups in total. The van der Waals surface area contributed by atoms with Gasteiger partial charge in [-0.15, -0.1) is 0 Å². The molecule has 5 heteroatoms. The summed E-state index contributed by atoms with van der Waals surface area (Å²) in [6.07, 6.45) is 3.67. The van der Waals surface area contributed by atoms with Gasteiger partial charge < -0.3 is 10.3 Å². The lowest BCUT2D eigenvalue weighted by Gasteiger charge is -2.25. The third kappa shape index (κ3) is 4.03. The number of rotatable bonds is 5. The molecule has 1 aromatic heterocycles. The predicted octanol–water partition coefficient (Wildman–Crippen LogP) is 3.96. The molecule has 3 aromatic rings. The molecule has 148 valence electrons. The minimum absolute atomic E-state index is 0.00488. The Morgan fingerprint density at radius 3 is 2.76 bits per heavy atom. The summed E-state index contributed by atoms with van der Waals surface area (Å²) in [5.74, 6) is 0.524. The second kappa shape index (κ2) is 8.10. The molecule has 5 nitrogen and oxygen atoms in total. The molecule has 0 radical (unpaired) electrons. The maximum atomic E-state index is 13.0. The lowest BCUT2D eigenvalue weighted by molar-refractivity contribution is -0.123. The van der Waals surface area contributed by atoms with Gasteiger partial charge in [-0.3, -0.25) is 10.1 Å². The van der Waals surface area contributed by atoms with Crippen LogP contribution in [0.15, 0.2) is 48.7 Å². The molecule has 1 aliphatic rings. The molecule has 0 fully saturated rings. The first-order chi connectivity index (χ1) is 14.0. The van der Waals surface area contributed by atoms with E-state index in [-0.39, 0.29) is 18.0 Å². The average molecular weight is 386 g/mol. The van der Waals surface area contributed by atoms with Crippen molar-refractivity contribution >= 4 is 16.8 Å². The number of H-pyrrole nitrogens is 1. The number of hydrogen-bond donors (Lipinski definition) is 3. The van der Waals surface area contributed by atoms with Crippen molar-refractivity contribution in [3.63, 3.8) is 0 Å². The van der Waals surface area contributed by atoms with E-state index < -0.39 is 0 Å². The Labute approximate surface area is 171 Å². The van der Waals surface area contributed by atoms with Gasteiger partial charge in [-0.05, 0) is 53.6 Å². The van der Waals surface area contributed by atoms with Crippen molar-refractivity contribution in [1.82, 2.24) is 15.6 Å². The van der Waals surface area contributed by atoms with Crippen molar-refractivity contribution in [3.05, 3.63) is 70.9 Å². The van der Waals surface area contributed by atoms with Gasteiger partial charge in [0.2, 0.25) is 5.91 Å². The summed E-state index contributed by atoms with van der Waals surface area (Å²) in [6.45, 7) is 4.88. The summed E-state index contributed by atoms with van der Waals surface area (Å²) < 4.78 is 0. The monoisotopic (exact) mass is 386 g/mol. The largest absolute Gasteiger partial charge is 0.361 e. The van der Waals surface area contributed by atoms with E-state index in [9.17, 15) is 4.79 Å². The van der Waals surface area contributed by atoms with Crippen LogP contribution in [0.25, 0.3) is 10.9 Å². The Hall–Kier alpha value is -3.10. The molecule has 0 bridgehead atoms. The molecule has 2 aromatic carbocycles. The molecule has 2 heterocycles. The van der Waals surface area contributed by atoms with Crippen LogP contribution in [0.1, 0.15) is 48.6 Å². The SMILES string of the molecule is CC(C)CC1NC(C(=O)NCc2ccc(C#N)cc2)Cc2c[nH]c3cccc1c23. The first kappa shape index (κ1) is 19.2. The number of nitrogens with one attached hydrogen (secondary N) is 3. The van der Waals surface area contributed by atoms with E-state index in [2.05, 4.69) is 53.7 Å².